The van der Waals surface area contributed by atoms with Crippen LogP contribution in [-0.2, 0) is 0 Å². The van der Waals surface area contributed by atoms with Gasteiger partial charge in [-0.2, -0.15) is 0 Å². The van der Waals surface area contributed by atoms with Crippen molar-refractivity contribution >= 4 is 0 Å². The van der Waals surface area contributed by atoms with Gasteiger partial charge in [0, 0.05) is 6.42 Å². The number of aliphatic hydroxyl groups excluding tert-OH is 3. The summed E-state index contributed by atoms with van der Waals surface area (Å²) in [5, 5.41) is 28.4. The maximum absolute atomic E-state index is 9.92. The summed E-state index contributed by atoms with van der Waals surface area (Å²) in [5.74, 6) is 16.1. The summed E-state index contributed by atoms with van der Waals surface area (Å²) in [5.41, 5.74) is 0. The van der Waals surface area contributed by atoms with E-state index in [9.17, 15) is 15.3 Å². The van der Waals surface area contributed by atoms with Gasteiger partial charge in [0.1, 0.15) is 12.2 Å². The maximum atomic E-state index is 9.92. The lowest BCUT2D eigenvalue weighted by molar-refractivity contribution is 0.280. The molecule has 0 aromatic heterocycles. The first-order valence-corrected chi connectivity index (χ1v) is 19.0. The Morgan fingerprint density at radius 2 is 0.776 bits per heavy atom. The SMILES string of the molecule is C#CC(O)/C=C/CC/C=C\CCCC/C=C\CCC#CC(O)C#C/C=C/CC/C=C\CCCCCCCCCCCCC/C=C/C(O)C#C. The van der Waals surface area contributed by atoms with Crippen LogP contribution in [0.25, 0.3) is 0 Å². The molecular weight excluding hydrogens is 601 g/mol. The van der Waals surface area contributed by atoms with Gasteiger partial charge in [0.05, 0.1) is 0 Å². The molecule has 0 aliphatic rings. The van der Waals surface area contributed by atoms with Crippen LogP contribution in [0.4, 0.5) is 0 Å². The lowest BCUT2D eigenvalue weighted by atomic mass is 10.0. The quantitative estimate of drug-likeness (QED) is 0.0423. The number of unbranched alkanes of at least 4 members (excludes halogenated alkanes) is 18. The summed E-state index contributed by atoms with van der Waals surface area (Å²) in [6.45, 7) is 0. The molecule has 3 N–H and O–H groups in total. The van der Waals surface area contributed by atoms with E-state index in [1.54, 1.807) is 12.2 Å². The number of aliphatic hydroxyl groups is 3. The van der Waals surface area contributed by atoms with Crippen LogP contribution in [0, 0.1) is 48.4 Å². The molecule has 268 valence electrons. The lowest BCUT2D eigenvalue weighted by Gasteiger charge is -2.02. The second-order valence-electron chi connectivity index (χ2n) is 12.4. The van der Waals surface area contributed by atoms with Gasteiger partial charge in [-0.25, -0.2) is 0 Å². The van der Waals surface area contributed by atoms with E-state index < -0.39 is 18.3 Å². The molecule has 0 saturated carbocycles. The van der Waals surface area contributed by atoms with Crippen LogP contribution in [0.15, 0.2) is 72.9 Å². The number of allylic oxidation sites excluding steroid dienone is 10. The van der Waals surface area contributed by atoms with Crippen molar-refractivity contribution in [1.82, 2.24) is 0 Å². The van der Waals surface area contributed by atoms with E-state index in [2.05, 4.69) is 78.1 Å². The largest absolute Gasteiger partial charge is 0.377 e. The Balaban J connectivity index is 3.56. The second-order valence-corrected chi connectivity index (χ2v) is 12.4. The summed E-state index contributed by atoms with van der Waals surface area (Å²) in [7, 11) is 0. The molecule has 0 spiro atoms. The fraction of sp³-hybridized carbons (Fsp3) is 0.565. The average molecular weight is 667 g/mol. The van der Waals surface area contributed by atoms with Crippen LogP contribution in [0.5, 0.6) is 0 Å². The Hall–Kier alpha value is -3.44. The lowest BCUT2D eigenvalue weighted by Crippen LogP contribution is -1.96. The number of hydrogen-bond donors (Lipinski definition) is 3. The molecule has 0 fully saturated rings. The normalized spacial score (nSPS) is 13.6. The van der Waals surface area contributed by atoms with Gasteiger partial charge in [0.15, 0.2) is 6.10 Å². The van der Waals surface area contributed by atoms with E-state index in [0.29, 0.717) is 0 Å². The molecular formula is C46H66O3. The highest BCUT2D eigenvalue weighted by molar-refractivity contribution is 5.25. The molecule has 3 heteroatoms. The van der Waals surface area contributed by atoms with Gasteiger partial charge in [0.25, 0.3) is 0 Å². The van der Waals surface area contributed by atoms with Crippen molar-refractivity contribution in [2.75, 3.05) is 0 Å². The highest BCUT2D eigenvalue weighted by Crippen LogP contribution is 2.13. The van der Waals surface area contributed by atoms with Crippen molar-refractivity contribution in [1.29, 1.82) is 0 Å². The minimum atomic E-state index is -0.891. The average Bonchev–Trinajstić information content (AvgIpc) is 3.11. The van der Waals surface area contributed by atoms with Gasteiger partial charge in [0.2, 0.25) is 0 Å². The van der Waals surface area contributed by atoms with Crippen molar-refractivity contribution in [2.24, 2.45) is 0 Å². The summed E-state index contributed by atoms with van der Waals surface area (Å²) in [4.78, 5) is 0. The molecule has 0 aliphatic carbocycles. The predicted molar refractivity (Wildman–Crippen MR) is 212 cm³/mol. The van der Waals surface area contributed by atoms with Crippen LogP contribution < -0.4 is 0 Å². The molecule has 0 radical (unpaired) electrons. The van der Waals surface area contributed by atoms with E-state index >= 15 is 0 Å². The van der Waals surface area contributed by atoms with E-state index in [4.69, 9.17) is 12.8 Å². The van der Waals surface area contributed by atoms with Crippen molar-refractivity contribution in [3.8, 4) is 48.4 Å². The third-order valence-electron chi connectivity index (χ3n) is 7.81. The van der Waals surface area contributed by atoms with Gasteiger partial charge in [-0.1, -0.05) is 148 Å². The summed E-state index contributed by atoms with van der Waals surface area (Å²) >= 11 is 0. The van der Waals surface area contributed by atoms with Crippen LogP contribution >= 0.6 is 0 Å². The zero-order valence-electron chi connectivity index (χ0n) is 30.4. The molecule has 0 aliphatic heterocycles. The Morgan fingerprint density at radius 3 is 1.29 bits per heavy atom. The zero-order valence-corrected chi connectivity index (χ0v) is 30.4. The Kier molecular flexibility index (Phi) is 36.3. The van der Waals surface area contributed by atoms with Crippen LogP contribution in [-0.4, -0.2) is 33.6 Å². The molecule has 0 aromatic rings. The maximum Gasteiger partial charge on any atom is 0.176 e. The Morgan fingerprint density at radius 1 is 0.408 bits per heavy atom. The first-order valence-electron chi connectivity index (χ1n) is 19.0. The van der Waals surface area contributed by atoms with Crippen LogP contribution in [0.1, 0.15) is 148 Å². The topological polar surface area (TPSA) is 60.7 Å². The van der Waals surface area contributed by atoms with Crippen molar-refractivity contribution in [2.45, 2.75) is 166 Å². The summed E-state index contributed by atoms with van der Waals surface area (Å²) in [6.07, 6.45) is 59.0. The molecule has 0 aromatic carbocycles. The molecule has 3 atom stereocenters. The van der Waals surface area contributed by atoms with Gasteiger partial charge < -0.3 is 15.3 Å². The van der Waals surface area contributed by atoms with E-state index in [0.717, 1.165) is 57.8 Å². The van der Waals surface area contributed by atoms with E-state index in [1.807, 2.05) is 18.2 Å². The smallest absolute Gasteiger partial charge is 0.176 e. The minimum Gasteiger partial charge on any atom is -0.377 e. The zero-order chi connectivity index (χ0) is 35.7. The van der Waals surface area contributed by atoms with Gasteiger partial charge in [-0.15, -0.1) is 12.8 Å². The van der Waals surface area contributed by atoms with Crippen molar-refractivity contribution in [3.05, 3.63) is 72.9 Å². The minimum absolute atomic E-state index is 0.731. The third kappa shape index (κ3) is 38.9. The Labute approximate surface area is 301 Å². The first-order chi connectivity index (χ1) is 24.1. The molecule has 0 heterocycles. The van der Waals surface area contributed by atoms with Gasteiger partial charge in [-0.3, -0.25) is 0 Å². The van der Waals surface area contributed by atoms with Crippen LogP contribution in [0.3, 0.4) is 0 Å². The third-order valence-corrected chi connectivity index (χ3v) is 7.81. The molecule has 0 rings (SSSR count). The highest BCUT2D eigenvalue weighted by atomic mass is 16.3. The molecule has 3 unspecified atom stereocenters. The molecule has 49 heavy (non-hydrogen) atoms. The molecule has 3 nitrogen and oxygen atoms in total. The molecule has 0 bridgehead atoms. The second kappa shape index (κ2) is 39.0. The standard InChI is InChI=1S/C46H66O3/c1-3-44(47)40-36-32-28-24-20-16-12-10-8-6-5-7-9-11-13-18-22-26-30-34-38-42-46(49)43-39-35-31-27-23-19-15-14-17-21-25-29-33-37-41-45(48)4-2/h1-2,13,18,21,23,25,27,30,34,36-37,40-41,44-49H,5-12,14-17,19-20,22,24,26,28-29,31-33,35H2/b18-13-,25-21-,27-23-,34-30+,40-36+,41-37+. The number of hydrogen-bond acceptors (Lipinski definition) is 3. The fourth-order valence-corrected chi connectivity index (χ4v) is 4.92. The van der Waals surface area contributed by atoms with E-state index in [-0.39, 0.29) is 0 Å². The number of rotatable bonds is 29. The molecule has 0 amide bonds. The van der Waals surface area contributed by atoms with Crippen molar-refractivity contribution < 1.29 is 15.3 Å². The monoisotopic (exact) mass is 667 g/mol. The number of terminal acetylenes is 2. The summed E-state index contributed by atoms with van der Waals surface area (Å²) < 4.78 is 0. The van der Waals surface area contributed by atoms with E-state index in [1.165, 1.54) is 89.9 Å². The predicted octanol–water partition coefficient (Wildman–Crippen LogP) is 10.7. The molecule has 0 saturated heterocycles. The fourth-order valence-electron chi connectivity index (χ4n) is 4.92. The van der Waals surface area contributed by atoms with Gasteiger partial charge in [-0.05, 0) is 102 Å². The Bertz CT molecular complexity index is 1150. The first kappa shape index (κ1) is 45.6. The highest BCUT2D eigenvalue weighted by Gasteiger charge is 1.94. The van der Waals surface area contributed by atoms with Crippen LogP contribution in [0.2, 0.25) is 0 Å². The summed E-state index contributed by atoms with van der Waals surface area (Å²) in [6, 6.07) is 0. The van der Waals surface area contributed by atoms with Gasteiger partial charge >= 0.3 is 0 Å². The van der Waals surface area contributed by atoms with Crippen molar-refractivity contribution in [3.63, 3.8) is 0 Å².